The number of nitroso groups, excluding NO2 is 1. The normalized spacial score (nSPS) is 8.09. The maximum Gasteiger partial charge on any atom is 0.0585 e. The Bertz CT molecular complexity index is 630. The van der Waals surface area contributed by atoms with Crippen molar-refractivity contribution in [3.8, 4) is 47.9 Å². The summed E-state index contributed by atoms with van der Waals surface area (Å²) in [6.07, 6.45) is 5.56. The van der Waals surface area contributed by atoms with Gasteiger partial charge in [-0.15, -0.1) is 6.42 Å². The van der Waals surface area contributed by atoms with Crippen molar-refractivity contribution in [3.63, 3.8) is 0 Å². The number of hydrogen-bond donors (Lipinski definition) is 3. The van der Waals surface area contributed by atoms with Crippen molar-refractivity contribution in [2.75, 3.05) is 6.61 Å². The monoisotopic (exact) mass is 302 g/mol. The minimum absolute atomic E-state index is 0. The van der Waals surface area contributed by atoms with Crippen molar-refractivity contribution in [1.82, 2.24) is 0 Å². The van der Waals surface area contributed by atoms with E-state index in [1.165, 1.54) is 5.56 Å². The maximum atomic E-state index is 8.67. The van der Waals surface area contributed by atoms with E-state index in [-0.39, 0.29) is 18.4 Å². The number of aliphatic hydroxyl groups excluding tert-OH is 1. The van der Waals surface area contributed by atoms with Gasteiger partial charge in [-0.1, -0.05) is 41.8 Å². The Morgan fingerprint density at radius 2 is 1.73 bits per heavy atom. The van der Waals surface area contributed by atoms with Gasteiger partial charge < -0.3 is 10.8 Å². The molecule has 4 nitrogen and oxygen atoms in total. The molecule has 1 aromatic carbocycles. The molecule has 1 atom stereocenters. The minimum Gasteiger partial charge on any atom is -0.395 e. The summed E-state index contributed by atoms with van der Waals surface area (Å²) in [7, 11) is 0. The third kappa shape index (κ3) is 15.0. The molecule has 0 saturated carbocycles. The Balaban J connectivity index is -0.0000000623. The quantitative estimate of drug-likeness (QED) is 0.592. The standard InChI is InChI=1S/C9H13NO.C9H4.HNO.4H2/c10-9(7-11)6-8-4-2-1-3-5-8;1-3-5-7-9-8-6-4-2;1-2;;;;/h1-5,9,11H,6-7,10H2;1H,2H3;1H;4*1H. The average Bonchev–Trinajstić information content (AvgIpc) is 2.58. The number of terminal acetylenes is 1. The zero-order valence-corrected chi connectivity index (χ0v) is 12.4. The molecule has 0 heterocycles. The molecule has 1 unspecified atom stereocenters. The van der Waals surface area contributed by atoms with Crippen molar-refractivity contribution >= 4 is 0 Å². The van der Waals surface area contributed by atoms with E-state index in [4.69, 9.17) is 22.2 Å². The van der Waals surface area contributed by atoms with Gasteiger partial charge in [-0.2, -0.15) is 4.91 Å². The first kappa shape index (κ1) is 21.3. The largest absolute Gasteiger partial charge is 0.395 e. The molecule has 1 aromatic rings. The lowest BCUT2D eigenvalue weighted by Crippen LogP contribution is -2.26. The van der Waals surface area contributed by atoms with Crippen LogP contribution in [0.15, 0.2) is 30.3 Å². The second-order valence-corrected chi connectivity index (χ2v) is 3.65. The van der Waals surface area contributed by atoms with E-state index in [0.29, 0.717) is 0 Å². The molecule has 4 heteroatoms. The molecule has 0 fully saturated rings. The van der Waals surface area contributed by atoms with Crippen molar-refractivity contribution in [2.45, 2.75) is 19.4 Å². The van der Waals surface area contributed by atoms with Gasteiger partial charge in [0.15, 0.2) is 0 Å². The van der Waals surface area contributed by atoms with Crippen LogP contribution in [0, 0.1) is 58.4 Å². The van der Waals surface area contributed by atoms with Gasteiger partial charge in [-0.05, 0) is 54.4 Å². The summed E-state index contributed by atoms with van der Waals surface area (Å²) < 4.78 is 0. The van der Waals surface area contributed by atoms with Crippen molar-refractivity contribution < 1.29 is 10.8 Å². The molecule has 0 aliphatic heterocycles. The zero-order chi connectivity index (χ0) is 17.1. The van der Waals surface area contributed by atoms with Gasteiger partial charge in [0.05, 0.1) is 6.61 Å². The molecule has 0 aliphatic rings. The molecule has 4 N–H and O–H groups in total. The van der Waals surface area contributed by atoms with Gasteiger partial charge in [0.25, 0.3) is 0 Å². The van der Waals surface area contributed by atoms with Gasteiger partial charge >= 0.3 is 0 Å². The smallest absolute Gasteiger partial charge is 0.0585 e. The minimum atomic E-state index is -0.127. The number of rotatable bonds is 3. The van der Waals surface area contributed by atoms with Crippen LogP contribution in [0.5, 0.6) is 0 Å². The van der Waals surface area contributed by atoms with E-state index in [2.05, 4.69) is 47.0 Å². The number of aliphatic hydroxyl groups is 1. The van der Waals surface area contributed by atoms with Gasteiger partial charge in [0.2, 0.25) is 0 Å². The molecule has 0 aromatic heterocycles. The summed E-state index contributed by atoms with van der Waals surface area (Å²) in [6, 6.07) is 9.80. The Morgan fingerprint density at radius 3 is 2.23 bits per heavy atom. The van der Waals surface area contributed by atoms with Crippen molar-refractivity contribution in [1.29, 1.82) is 5.59 Å². The van der Waals surface area contributed by atoms with Crippen LogP contribution < -0.4 is 5.73 Å². The Labute approximate surface area is 137 Å². The van der Waals surface area contributed by atoms with Crippen LogP contribution in [-0.2, 0) is 6.42 Å². The van der Waals surface area contributed by atoms with Crippen LogP contribution in [0.3, 0.4) is 0 Å². The predicted molar refractivity (Wildman–Crippen MR) is 97.6 cm³/mol. The van der Waals surface area contributed by atoms with Gasteiger partial charge in [-0.25, -0.2) is 0 Å². The fourth-order valence-electron chi connectivity index (χ4n) is 1.17. The van der Waals surface area contributed by atoms with Crippen LogP contribution in [0.1, 0.15) is 18.2 Å². The highest BCUT2D eigenvalue weighted by molar-refractivity contribution is 5.38. The van der Waals surface area contributed by atoms with Gasteiger partial charge in [0, 0.05) is 11.7 Å². The molecule has 0 spiro atoms. The maximum absolute atomic E-state index is 8.67. The summed E-state index contributed by atoms with van der Waals surface area (Å²) in [5, 5.41) is 8.67. The Hall–Kier alpha value is -3.02. The zero-order valence-electron chi connectivity index (χ0n) is 12.4. The Kier molecular flexibility index (Phi) is 17.4. The number of nitrogens with one attached hydrogen (secondary N) is 1. The lowest BCUT2D eigenvalue weighted by molar-refractivity contribution is 0.265. The molecule has 0 amide bonds. The van der Waals surface area contributed by atoms with E-state index < -0.39 is 0 Å². The van der Waals surface area contributed by atoms with E-state index >= 15 is 0 Å². The molecule has 22 heavy (non-hydrogen) atoms. The number of benzene rings is 1. The van der Waals surface area contributed by atoms with Crippen LogP contribution >= 0.6 is 0 Å². The summed E-state index contributed by atoms with van der Waals surface area (Å²) in [5.74, 6) is 17.0. The van der Waals surface area contributed by atoms with Crippen molar-refractivity contribution in [2.24, 2.45) is 5.73 Å². The number of nitrogens with two attached hydrogens (primary N) is 1. The van der Waals surface area contributed by atoms with Crippen LogP contribution in [-0.4, -0.2) is 17.8 Å². The summed E-state index contributed by atoms with van der Waals surface area (Å²) in [5.41, 5.74) is 11.2. The van der Waals surface area contributed by atoms with Gasteiger partial charge in [0.1, 0.15) is 0 Å². The van der Waals surface area contributed by atoms with E-state index in [1.54, 1.807) is 6.92 Å². The molecule has 0 saturated heterocycles. The first-order valence-corrected chi connectivity index (χ1v) is 6.22. The predicted octanol–water partition coefficient (Wildman–Crippen LogP) is 2.51. The second-order valence-electron chi connectivity index (χ2n) is 3.65. The molecule has 0 aliphatic carbocycles. The first-order chi connectivity index (χ1) is 10.7. The van der Waals surface area contributed by atoms with Crippen molar-refractivity contribution in [3.05, 3.63) is 40.8 Å². The fraction of sp³-hybridized carbons (Fsp3) is 0.222. The van der Waals surface area contributed by atoms with E-state index in [1.807, 2.05) is 30.3 Å². The third-order valence-corrected chi connectivity index (χ3v) is 2.02. The Morgan fingerprint density at radius 1 is 1.18 bits per heavy atom. The number of hydrogen-bond acceptors (Lipinski definition) is 4. The second kappa shape index (κ2) is 18.0. The topological polar surface area (TPSA) is 87.2 Å². The van der Waals surface area contributed by atoms with Crippen LogP contribution in [0.25, 0.3) is 0 Å². The fourth-order valence-corrected chi connectivity index (χ4v) is 1.17. The molecule has 120 valence electrons. The third-order valence-electron chi connectivity index (χ3n) is 2.02. The highest BCUT2D eigenvalue weighted by Crippen LogP contribution is 2.00. The molecular weight excluding hydrogens is 276 g/mol. The summed E-state index contributed by atoms with van der Waals surface area (Å²) in [4.78, 5) is 7.50. The lowest BCUT2D eigenvalue weighted by atomic mass is 10.1. The summed E-state index contributed by atoms with van der Waals surface area (Å²) in [6.45, 7) is 1.76. The lowest BCUT2D eigenvalue weighted by Gasteiger charge is -2.06. The van der Waals surface area contributed by atoms with Crippen LogP contribution in [0.4, 0.5) is 0 Å². The SMILES string of the molecule is C#CC#CC#CC#CC.N=O.NC(CO)Cc1ccccc1.[HH].[HH].[HH].[HH]. The van der Waals surface area contributed by atoms with E-state index in [9.17, 15) is 0 Å². The summed E-state index contributed by atoms with van der Waals surface area (Å²) >= 11 is 0. The molecular formula is C18H26N2O2. The molecule has 1 rings (SSSR count). The highest BCUT2D eigenvalue weighted by Gasteiger charge is 1.99. The highest BCUT2D eigenvalue weighted by atomic mass is 16.3. The van der Waals surface area contributed by atoms with Crippen LogP contribution in [0.2, 0.25) is 0 Å². The van der Waals surface area contributed by atoms with Gasteiger partial charge in [-0.3, -0.25) is 0 Å². The average molecular weight is 302 g/mol. The first-order valence-electron chi connectivity index (χ1n) is 6.22. The van der Waals surface area contributed by atoms with E-state index in [0.717, 1.165) is 6.42 Å². The molecule has 0 bridgehead atoms. The molecule has 0 radical (unpaired) electrons.